The number of hydrogen-bond donors (Lipinski definition) is 0. The molecule has 5 nitrogen and oxygen atoms in total. The van der Waals surface area contributed by atoms with Crippen LogP contribution >= 0.6 is 11.6 Å². The summed E-state index contributed by atoms with van der Waals surface area (Å²) in [7, 11) is -3.76. The average Bonchev–Trinajstić information content (AvgIpc) is 2.72. The Morgan fingerprint density at radius 2 is 1.72 bits per heavy atom. The molecule has 0 saturated carbocycles. The standard InChI is InChI=1S/C22H20ClNO4S/c1-2-27-22-14-17(15-24-29(25,26)20-9-4-3-5-10-20)11-12-21(22)28-16-18-7-6-8-19(23)13-18/h3-15H,2,16H2,1H3/b24-15-. The largest absolute Gasteiger partial charge is 0.490 e. The summed E-state index contributed by atoms with van der Waals surface area (Å²) in [6.07, 6.45) is 1.30. The van der Waals surface area contributed by atoms with Gasteiger partial charge in [0.15, 0.2) is 11.5 Å². The maximum absolute atomic E-state index is 12.3. The van der Waals surface area contributed by atoms with Crippen molar-refractivity contribution in [2.45, 2.75) is 18.4 Å². The Kier molecular flexibility index (Phi) is 6.90. The van der Waals surface area contributed by atoms with Crippen LogP contribution in [0.2, 0.25) is 5.02 Å². The zero-order chi connectivity index (χ0) is 20.7. The number of rotatable bonds is 8. The van der Waals surface area contributed by atoms with Crippen LogP contribution in [0.5, 0.6) is 11.5 Å². The van der Waals surface area contributed by atoms with Crippen LogP contribution in [0, 0.1) is 0 Å². The van der Waals surface area contributed by atoms with Crippen molar-refractivity contribution in [3.63, 3.8) is 0 Å². The first kappa shape index (κ1) is 20.9. The monoisotopic (exact) mass is 429 g/mol. The molecule has 0 N–H and O–H groups in total. The van der Waals surface area contributed by atoms with Crippen molar-refractivity contribution in [3.8, 4) is 11.5 Å². The van der Waals surface area contributed by atoms with Gasteiger partial charge in [0.2, 0.25) is 0 Å². The van der Waals surface area contributed by atoms with Gasteiger partial charge in [-0.1, -0.05) is 41.9 Å². The van der Waals surface area contributed by atoms with Crippen molar-refractivity contribution in [2.24, 2.45) is 4.40 Å². The highest BCUT2D eigenvalue weighted by atomic mass is 35.5. The summed E-state index contributed by atoms with van der Waals surface area (Å²) in [5.41, 5.74) is 1.52. The Balaban J connectivity index is 1.78. The fourth-order valence-corrected chi connectivity index (χ4v) is 3.66. The van der Waals surface area contributed by atoms with Crippen LogP contribution in [0.25, 0.3) is 0 Å². The average molecular weight is 430 g/mol. The zero-order valence-corrected chi connectivity index (χ0v) is 17.4. The smallest absolute Gasteiger partial charge is 0.282 e. The predicted octanol–water partition coefficient (Wildman–Crippen LogP) is 5.13. The van der Waals surface area contributed by atoms with Gasteiger partial charge in [0.1, 0.15) is 6.61 Å². The lowest BCUT2D eigenvalue weighted by Gasteiger charge is -2.12. The Bertz CT molecular complexity index is 1100. The number of ether oxygens (including phenoxy) is 2. The van der Waals surface area contributed by atoms with E-state index in [-0.39, 0.29) is 4.90 Å². The van der Waals surface area contributed by atoms with E-state index in [4.69, 9.17) is 21.1 Å². The normalized spacial score (nSPS) is 11.5. The Hall–Kier alpha value is -2.83. The number of sulfonamides is 1. The predicted molar refractivity (Wildman–Crippen MR) is 115 cm³/mol. The second kappa shape index (κ2) is 9.58. The highest BCUT2D eigenvalue weighted by Gasteiger charge is 2.11. The molecule has 0 amide bonds. The fraction of sp³-hybridized carbons (Fsp3) is 0.136. The molecule has 3 aromatic carbocycles. The molecule has 0 aliphatic rings. The van der Waals surface area contributed by atoms with Gasteiger partial charge >= 0.3 is 0 Å². The lowest BCUT2D eigenvalue weighted by atomic mass is 10.2. The van der Waals surface area contributed by atoms with Crippen LogP contribution in [-0.4, -0.2) is 21.2 Å². The number of nitrogens with zero attached hydrogens (tertiary/aromatic N) is 1. The van der Waals surface area contributed by atoms with Gasteiger partial charge in [0.05, 0.1) is 11.5 Å². The summed E-state index contributed by atoms with van der Waals surface area (Å²) < 4.78 is 39.9. The highest BCUT2D eigenvalue weighted by Crippen LogP contribution is 2.29. The van der Waals surface area contributed by atoms with Gasteiger partial charge in [0, 0.05) is 11.2 Å². The van der Waals surface area contributed by atoms with E-state index >= 15 is 0 Å². The van der Waals surface area contributed by atoms with Crippen molar-refractivity contribution in [2.75, 3.05) is 6.61 Å². The minimum absolute atomic E-state index is 0.141. The topological polar surface area (TPSA) is 65.0 Å². The van der Waals surface area contributed by atoms with Crippen molar-refractivity contribution in [1.82, 2.24) is 0 Å². The van der Waals surface area contributed by atoms with E-state index in [1.165, 1.54) is 18.3 Å². The van der Waals surface area contributed by atoms with Crippen molar-refractivity contribution >= 4 is 27.8 Å². The molecular formula is C22H20ClNO4S. The molecule has 0 aromatic heterocycles. The van der Waals surface area contributed by atoms with Crippen LogP contribution in [-0.2, 0) is 16.6 Å². The fourth-order valence-electron chi connectivity index (χ4n) is 2.56. The van der Waals surface area contributed by atoms with Crippen LogP contribution in [0.4, 0.5) is 0 Å². The Labute approximate surface area is 175 Å². The summed E-state index contributed by atoms with van der Waals surface area (Å²) >= 11 is 6.00. The van der Waals surface area contributed by atoms with E-state index < -0.39 is 10.0 Å². The number of benzene rings is 3. The second-order valence-corrected chi connectivity index (χ2v) is 8.15. The second-order valence-electron chi connectivity index (χ2n) is 6.08. The molecule has 0 atom stereocenters. The Morgan fingerprint density at radius 3 is 2.45 bits per heavy atom. The molecule has 0 heterocycles. The van der Waals surface area contributed by atoms with E-state index in [0.717, 1.165) is 5.56 Å². The minimum Gasteiger partial charge on any atom is -0.490 e. The van der Waals surface area contributed by atoms with E-state index in [1.807, 2.05) is 25.1 Å². The lowest BCUT2D eigenvalue weighted by Crippen LogP contribution is -2.01. The molecule has 0 unspecified atom stereocenters. The lowest BCUT2D eigenvalue weighted by molar-refractivity contribution is 0.269. The van der Waals surface area contributed by atoms with Gasteiger partial charge in [0.25, 0.3) is 10.0 Å². The summed E-state index contributed by atoms with van der Waals surface area (Å²) in [6, 6.07) is 20.6. The summed E-state index contributed by atoms with van der Waals surface area (Å²) in [6.45, 7) is 2.63. The van der Waals surface area contributed by atoms with Crippen molar-refractivity contribution in [1.29, 1.82) is 0 Å². The molecule has 0 saturated heterocycles. The summed E-state index contributed by atoms with van der Waals surface area (Å²) in [4.78, 5) is 0.141. The van der Waals surface area contributed by atoms with Crippen LogP contribution in [0.1, 0.15) is 18.1 Å². The quantitative estimate of drug-likeness (QED) is 0.466. The molecule has 3 rings (SSSR count). The zero-order valence-electron chi connectivity index (χ0n) is 15.8. The Morgan fingerprint density at radius 1 is 0.931 bits per heavy atom. The number of hydrogen-bond acceptors (Lipinski definition) is 4. The van der Waals surface area contributed by atoms with Gasteiger partial charge in [-0.05, 0) is 60.5 Å². The minimum atomic E-state index is -3.76. The van der Waals surface area contributed by atoms with Gasteiger partial charge in [-0.2, -0.15) is 12.8 Å². The number of halogens is 1. The molecule has 0 aliphatic heterocycles. The SMILES string of the molecule is CCOc1cc(/C=N\S(=O)(=O)c2ccccc2)ccc1OCc1cccc(Cl)c1. The van der Waals surface area contributed by atoms with Gasteiger partial charge in [-0.15, -0.1) is 0 Å². The maximum Gasteiger partial charge on any atom is 0.282 e. The highest BCUT2D eigenvalue weighted by molar-refractivity contribution is 7.90. The third-order valence-corrected chi connectivity index (χ3v) is 5.42. The van der Waals surface area contributed by atoms with Gasteiger partial charge in [-0.3, -0.25) is 0 Å². The summed E-state index contributed by atoms with van der Waals surface area (Å²) in [5, 5.41) is 0.641. The molecule has 3 aromatic rings. The maximum atomic E-state index is 12.3. The first-order valence-electron chi connectivity index (χ1n) is 8.97. The van der Waals surface area contributed by atoms with Crippen LogP contribution in [0.3, 0.4) is 0 Å². The van der Waals surface area contributed by atoms with E-state index in [1.54, 1.807) is 42.5 Å². The van der Waals surface area contributed by atoms with Crippen LogP contribution in [0.15, 0.2) is 82.1 Å². The molecule has 0 radical (unpaired) electrons. The van der Waals surface area contributed by atoms with E-state index in [2.05, 4.69) is 4.40 Å². The van der Waals surface area contributed by atoms with Crippen LogP contribution < -0.4 is 9.47 Å². The van der Waals surface area contributed by atoms with E-state index in [0.29, 0.717) is 35.3 Å². The molecule has 0 fully saturated rings. The molecule has 150 valence electrons. The van der Waals surface area contributed by atoms with E-state index in [9.17, 15) is 8.42 Å². The molecule has 0 spiro atoms. The van der Waals surface area contributed by atoms with Gasteiger partial charge < -0.3 is 9.47 Å². The molecule has 0 bridgehead atoms. The molecule has 29 heavy (non-hydrogen) atoms. The molecule has 7 heteroatoms. The molecule has 0 aliphatic carbocycles. The summed E-state index contributed by atoms with van der Waals surface area (Å²) in [5.74, 6) is 1.06. The molecular weight excluding hydrogens is 410 g/mol. The first-order valence-corrected chi connectivity index (χ1v) is 10.8. The van der Waals surface area contributed by atoms with Crippen molar-refractivity contribution < 1.29 is 17.9 Å². The van der Waals surface area contributed by atoms with Gasteiger partial charge in [-0.25, -0.2) is 0 Å². The third-order valence-electron chi connectivity index (χ3n) is 3.93. The van der Waals surface area contributed by atoms with Crippen molar-refractivity contribution in [3.05, 3.63) is 88.9 Å². The third kappa shape index (κ3) is 5.82. The first-order chi connectivity index (χ1) is 14.0.